The van der Waals surface area contributed by atoms with E-state index in [-0.39, 0.29) is 5.78 Å². The van der Waals surface area contributed by atoms with Gasteiger partial charge >= 0.3 is 0 Å². The van der Waals surface area contributed by atoms with Crippen LogP contribution in [0.3, 0.4) is 0 Å². The van der Waals surface area contributed by atoms with Crippen LogP contribution in [0.2, 0.25) is 15.1 Å². The first-order valence-electron chi connectivity index (χ1n) is 6.37. The Labute approximate surface area is 139 Å². The predicted molar refractivity (Wildman–Crippen MR) is 88.6 cm³/mol. The van der Waals surface area contributed by atoms with Crippen molar-refractivity contribution in [2.24, 2.45) is 0 Å². The Balaban J connectivity index is 1.98. The quantitative estimate of drug-likeness (QED) is 0.716. The Hall–Kier alpha value is -1.06. The van der Waals surface area contributed by atoms with Gasteiger partial charge in [0.1, 0.15) is 0 Å². The SMILES string of the molecule is CN(CC(=O)c1ccc(Cl)c(Cl)c1)Cc1ccc(Cl)cc1. The van der Waals surface area contributed by atoms with Gasteiger partial charge < -0.3 is 0 Å². The zero-order valence-corrected chi connectivity index (χ0v) is 13.7. The average Bonchev–Trinajstić information content (AvgIpc) is 2.44. The van der Waals surface area contributed by atoms with Crippen molar-refractivity contribution in [1.29, 1.82) is 0 Å². The van der Waals surface area contributed by atoms with Gasteiger partial charge in [-0.2, -0.15) is 0 Å². The van der Waals surface area contributed by atoms with Crippen LogP contribution in [-0.4, -0.2) is 24.3 Å². The molecule has 0 heterocycles. The molecule has 0 aliphatic heterocycles. The molecule has 0 aliphatic rings. The second-order valence-electron chi connectivity index (χ2n) is 4.85. The molecular weight excluding hydrogens is 329 g/mol. The largest absolute Gasteiger partial charge is 0.295 e. The van der Waals surface area contributed by atoms with Crippen LogP contribution in [-0.2, 0) is 6.54 Å². The molecule has 110 valence electrons. The molecule has 0 radical (unpaired) electrons. The van der Waals surface area contributed by atoms with Crippen LogP contribution in [0.15, 0.2) is 42.5 Å². The first kappa shape index (κ1) is 16.3. The Morgan fingerprint density at radius 1 is 1.00 bits per heavy atom. The summed E-state index contributed by atoms with van der Waals surface area (Å²) in [6.07, 6.45) is 0. The monoisotopic (exact) mass is 341 g/mol. The molecule has 0 spiro atoms. The van der Waals surface area contributed by atoms with Crippen LogP contribution in [0, 0.1) is 0 Å². The number of hydrogen-bond donors (Lipinski definition) is 0. The van der Waals surface area contributed by atoms with E-state index in [9.17, 15) is 4.79 Å². The number of likely N-dealkylation sites (N-methyl/N-ethyl adjacent to an activating group) is 1. The fourth-order valence-corrected chi connectivity index (χ4v) is 2.39. The van der Waals surface area contributed by atoms with Gasteiger partial charge in [-0.1, -0.05) is 46.9 Å². The molecule has 0 N–H and O–H groups in total. The Morgan fingerprint density at radius 2 is 1.67 bits per heavy atom. The van der Waals surface area contributed by atoms with E-state index in [1.54, 1.807) is 18.2 Å². The summed E-state index contributed by atoms with van der Waals surface area (Å²) in [5.41, 5.74) is 1.66. The molecule has 5 heteroatoms. The average molecular weight is 343 g/mol. The van der Waals surface area contributed by atoms with Crippen LogP contribution < -0.4 is 0 Å². The van der Waals surface area contributed by atoms with Crippen molar-refractivity contribution in [1.82, 2.24) is 4.90 Å². The summed E-state index contributed by atoms with van der Waals surface area (Å²) < 4.78 is 0. The number of halogens is 3. The maximum atomic E-state index is 12.2. The van der Waals surface area contributed by atoms with Gasteiger partial charge in [0.15, 0.2) is 5.78 Å². The highest BCUT2D eigenvalue weighted by Crippen LogP contribution is 2.23. The van der Waals surface area contributed by atoms with E-state index in [4.69, 9.17) is 34.8 Å². The highest BCUT2D eigenvalue weighted by Gasteiger charge is 2.11. The molecule has 2 nitrogen and oxygen atoms in total. The predicted octanol–water partition coefficient (Wildman–Crippen LogP) is 4.96. The highest BCUT2D eigenvalue weighted by molar-refractivity contribution is 6.42. The van der Waals surface area contributed by atoms with Crippen LogP contribution >= 0.6 is 34.8 Å². The molecule has 0 saturated carbocycles. The fourth-order valence-electron chi connectivity index (χ4n) is 1.96. The summed E-state index contributed by atoms with van der Waals surface area (Å²) in [4.78, 5) is 14.1. The lowest BCUT2D eigenvalue weighted by Gasteiger charge is -2.16. The molecule has 2 aromatic rings. The highest BCUT2D eigenvalue weighted by atomic mass is 35.5. The number of ketones is 1. The van der Waals surface area contributed by atoms with E-state index >= 15 is 0 Å². The zero-order valence-electron chi connectivity index (χ0n) is 11.4. The number of carbonyl (C=O) groups is 1. The standard InChI is InChI=1S/C16H14Cl3NO/c1-20(9-11-2-5-13(17)6-3-11)10-16(21)12-4-7-14(18)15(19)8-12/h2-8H,9-10H2,1H3. The molecule has 2 aromatic carbocycles. The third-order valence-corrected chi connectivity index (χ3v) is 4.01. The topological polar surface area (TPSA) is 20.3 Å². The van der Waals surface area contributed by atoms with Gasteiger partial charge in [-0.3, -0.25) is 9.69 Å². The lowest BCUT2D eigenvalue weighted by molar-refractivity contribution is 0.0943. The third kappa shape index (κ3) is 4.72. The fraction of sp³-hybridized carbons (Fsp3) is 0.188. The molecule has 0 fully saturated rings. The van der Waals surface area contributed by atoms with Crippen LogP contribution in [0.4, 0.5) is 0 Å². The molecular formula is C16H14Cl3NO. The van der Waals surface area contributed by atoms with Gasteiger partial charge in [0, 0.05) is 17.1 Å². The number of hydrogen-bond acceptors (Lipinski definition) is 2. The van der Waals surface area contributed by atoms with E-state index in [1.807, 2.05) is 36.2 Å². The number of benzene rings is 2. The van der Waals surface area contributed by atoms with Gasteiger partial charge in [0.25, 0.3) is 0 Å². The number of Topliss-reactive ketones (excluding diaryl/α,β-unsaturated/α-hetero) is 1. The van der Waals surface area contributed by atoms with Gasteiger partial charge in [-0.25, -0.2) is 0 Å². The van der Waals surface area contributed by atoms with Crippen LogP contribution in [0.5, 0.6) is 0 Å². The summed E-state index contributed by atoms with van der Waals surface area (Å²) in [6.45, 7) is 0.977. The van der Waals surface area contributed by atoms with Crippen LogP contribution in [0.1, 0.15) is 15.9 Å². The normalized spacial score (nSPS) is 10.9. The minimum absolute atomic E-state index is 0.00466. The van der Waals surface area contributed by atoms with Gasteiger partial charge in [0.2, 0.25) is 0 Å². The van der Waals surface area contributed by atoms with Crippen molar-refractivity contribution >= 4 is 40.6 Å². The summed E-state index contributed by atoms with van der Waals surface area (Å²) in [6, 6.07) is 12.5. The molecule has 21 heavy (non-hydrogen) atoms. The van der Waals surface area contributed by atoms with Crippen molar-refractivity contribution < 1.29 is 4.79 Å². The minimum Gasteiger partial charge on any atom is -0.295 e. The zero-order chi connectivity index (χ0) is 15.4. The lowest BCUT2D eigenvalue weighted by atomic mass is 10.1. The third-order valence-electron chi connectivity index (χ3n) is 3.02. The maximum absolute atomic E-state index is 12.2. The van der Waals surface area contributed by atoms with Crippen LogP contribution in [0.25, 0.3) is 0 Å². The van der Waals surface area contributed by atoms with E-state index in [1.165, 1.54) is 0 Å². The van der Waals surface area contributed by atoms with Crippen molar-refractivity contribution in [3.8, 4) is 0 Å². The van der Waals surface area contributed by atoms with Gasteiger partial charge in [-0.05, 0) is 42.9 Å². The lowest BCUT2D eigenvalue weighted by Crippen LogP contribution is -2.25. The summed E-state index contributed by atoms with van der Waals surface area (Å²) >= 11 is 17.6. The second kappa shape index (κ2) is 7.28. The number of carbonyl (C=O) groups excluding carboxylic acids is 1. The Morgan fingerprint density at radius 3 is 2.29 bits per heavy atom. The maximum Gasteiger partial charge on any atom is 0.176 e. The van der Waals surface area contributed by atoms with Gasteiger partial charge in [0.05, 0.1) is 16.6 Å². The van der Waals surface area contributed by atoms with E-state index < -0.39 is 0 Å². The first-order chi connectivity index (χ1) is 9.95. The number of rotatable bonds is 5. The second-order valence-corrected chi connectivity index (χ2v) is 6.10. The Bertz CT molecular complexity index is 640. The first-order valence-corrected chi connectivity index (χ1v) is 7.50. The molecule has 0 bridgehead atoms. The summed E-state index contributed by atoms with van der Waals surface area (Å²) in [7, 11) is 1.89. The molecule has 0 amide bonds. The molecule has 0 saturated heterocycles. The van der Waals surface area contributed by atoms with Crippen molar-refractivity contribution in [3.63, 3.8) is 0 Å². The molecule has 2 rings (SSSR count). The number of nitrogens with zero attached hydrogens (tertiary/aromatic N) is 1. The molecule has 0 unspecified atom stereocenters. The summed E-state index contributed by atoms with van der Waals surface area (Å²) in [5.74, 6) is 0.00466. The van der Waals surface area contributed by atoms with Gasteiger partial charge in [-0.15, -0.1) is 0 Å². The smallest absolute Gasteiger partial charge is 0.176 e. The van der Waals surface area contributed by atoms with E-state index in [0.717, 1.165) is 5.56 Å². The Kier molecular flexibility index (Phi) is 5.65. The molecule has 0 aliphatic carbocycles. The summed E-state index contributed by atoms with van der Waals surface area (Å²) in [5, 5.41) is 1.54. The molecule has 0 atom stereocenters. The van der Waals surface area contributed by atoms with Crippen molar-refractivity contribution in [2.45, 2.75) is 6.54 Å². The van der Waals surface area contributed by atoms with Crippen molar-refractivity contribution in [2.75, 3.05) is 13.6 Å². The van der Waals surface area contributed by atoms with E-state index in [0.29, 0.717) is 33.7 Å². The van der Waals surface area contributed by atoms with E-state index in [2.05, 4.69) is 0 Å². The minimum atomic E-state index is 0.00466. The van der Waals surface area contributed by atoms with Crippen molar-refractivity contribution in [3.05, 3.63) is 68.7 Å². The molecule has 0 aromatic heterocycles.